The summed E-state index contributed by atoms with van der Waals surface area (Å²) in [6, 6.07) is 12.4. The monoisotopic (exact) mass is 610 g/mol. The molecule has 43 heavy (non-hydrogen) atoms. The summed E-state index contributed by atoms with van der Waals surface area (Å²) in [5.74, 6) is -3.73. The number of β-lactam (4-membered cyclic amide) rings is 1. The minimum Gasteiger partial charge on any atom is -0.496 e. The van der Waals surface area contributed by atoms with Crippen molar-refractivity contribution in [1.29, 1.82) is 0 Å². The Morgan fingerprint density at radius 3 is 2.42 bits per heavy atom. The van der Waals surface area contributed by atoms with E-state index in [-0.39, 0.29) is 40.3 Å². The van der Waals surface area contributed by atoms with Gasteiger partial charge in [0.1, 0.15) is 11.4 Å². The van der Waals surface area contributed by atoms with Gasteiger partial charge in [-0.1, -0.05) is 36.0 Å². The number of benzene rings is 2. The molecule has 1 fully saturated rings. The van der Waals surface area contributed by atoms with Crippen molar-refractivity contribution in [3.8, 4) is 5.75 Å². The van der Waals surface area contributed by atoms with Gasteiger partial charge in [0.2, 0.25) is 5.16 Å². The third-order valence-corrected chi connectivity index (χ3v) is 8.14. The van der Waals surface area contributed by atoms with Gasteiger partial charge in [-0.15, -0.1) is 5.10 Å². The van der Waals surface area contributed by atoms with E-state index in [1.54, 1.807) is 37.4 Å². The quantitative estimate of drug-likeness (QED) is 0.158. The SMILES string of the molecule is COc1ccccc1C(=O)N[C@]1(OC)C(=O)N2C(C(=O)O)=C(CSc3nnnn3C)C(Cc3ccc(C(=O)O)cc3)O[C@@H]21. The summed E-state index contributed by atoms with van der Waals surface area (Å²) in [6.07, 6.45) is -2.16. The summed E-state index contributed by atoms with van der Waals surface area (Å²) < 4.78 is 18.6. The fraction of sp³-hybridized carbons (Fsp3) is 0.296. The van der Waals surface area contributed by atoms with Crippen molar-refractivity contribution in [2.45, 2.75) is 29.6 Å². The Hall–Kier alpha value is -4.80. The molecule has 3 aromatic rings. The van der Waals surface area contributed by atoms with Gasteiger partial charge >= 0.3 is 11.9 Å². The minimum atomic E-state index is -2.05. The summed E-state index contributed by atoms with van der Waals surface area (Å²) >= 11 is 1.14. The predicted octanol–water partition coefficient (Wildman–Crippen LogP) is 0.930. The van der Waals surface area contributed by atoms with Gasteiger partial charge in [-0.2, -0.15) is 0 Å². The first kappa shape index (κ1) is 29.7. The lowest BCUT2D eigenvalue weighted by Crippen LogP contribution is -2.83. The van der Waals surface area contributed by atoms with Crippen LogP contribution in [0.25, 0.3) is 0 Å². The second-order valence-corrected chi connectivity index (χ2v) is 10.4. The maximum atomic E-state index is 13.7. The molecule has 2 aromatic carbocycles. The highest BCUT2D eigenvalue weighted by molar-refractivity contribution is 7.99. The molecule has 5 rings (SSSR count). The third-order valence-electron chi connectivity index (χ3n) is 7.08. The molecule has 0 radical (unpaired) electrons. The van der Waals surface area contributed by atoms with E-state index in [1.165, 1.54) is 37.1 Å². The van der Waals surface area contributed by atoms with E-state index in [2.05, 4.69) is 20.8 Å². The molecule has 2 aliphatic rings. The van der Waals surface area contributed by atoms with Gasteiger partial charge in [0, 0.05) is 31.9 Å². The molecule has 3 heterocycles. The number of rotatable bonds is 11. The molecule has 1 unspecified atom stereocenters. The number of nitrogens with zero attached hydrogens (tertiary/aromatic N) is 5. The fourth-order valence-electron chi connectivity index (χ4n) is 4.91. The smallest absolute Gasteiger partial charge is 0.352 e. The maximum Gasteiger partial charge on any atom is 0.352 e. The van der Waals surface area contributed by atoms with Crippen LogP contribution in [0.5, 0.6) is 5.75 Å². The number of ether oxygens (including phenoxy) is 3. The number of carbonyl (C=O) groups is 4. The van der Waals surface area contributed by atoms with Crippen LogP contribution in [0.15, 0.2) is 65.0 Å². The second-order valence-electron chi connectivity index (χ2n) is 9.51. The average molecular weight is 611 g/mol. The summed E-state index contributed by atoms with van der Waals surface area (Å²) in [4.78, 5) is 52.0. The minimum absolute atomic E-state index is 0.0395. The Morgan fingerprint density at radius 2 is 1.81 bits per heavy atom. The highest BCUT2D eigenvalue weighted by atomic mass is 32.2. The lowest BCUT2D eigenvalue weighted by Gasteiger charge is -2.57. The number of amides is 2. The number of aryl methyl sites for hydroxylation is 1. The van der Waals surface area contributed by atoms with E-state index < -0.39 is 41.8 Å². The number of hydrogen-bond donors (Lipinski definition) is 3. The molecular formula is C27H26N6O9S. The molecule has 0 saturated carbocycles. The number of tetrazole rings is 1. The number of aromatic carboxylic acids is 1. The Balaban J connectivity index is 1.52. The van der Waals surface area contributed by atoms with Crippen molar-refractivity contribution in [1.82, 2.24) is 30.4 Å². The Bertz CT molecular complexity index is 1620. The largest absolute Gasteiger partial charge is 0.496 e. The van der Waals surface area contributed by atoms with Crippen molar-refractivity contribution in [3.63, 3.8) is 0 Å². The van der Waals surface area contributed by atoms with Crippen molar-refractivity contribution < 1.29 is 43.6 Å². The number of thioether (sulfide) groups is 1. The molecule has 0 spiro atoms. The summed E-state index contributed by atoms with van der Waals surface area (Å²) in [6.45, 7) is 0. The van der Waals surface area contributed by atoms with E-state index in [9.17, 15) is 29.4 Å². The molecule has 15 nitrogen and oxygen atoms in total. The van der Waals surface area contributed by atoms with Gasteiger partial charge < -0.3 is 29.7 Å². The first-order chi connectivity index (χ1) is 20.6. The number of carboxylic acids is 2. The molecule has 3 atom stereocenters. The van der Waals surface area contributed by atoms with E-state index in [4.69, 9.17) is 14.2 Å². The normalized spacial score (nSPS) is 21.2. The third kappa shape index (κ3) is 5.31. The zero-order valence-electron chi connectivity index (χ0n) is 23.1. The Kier molecular flexibility index (Phi) is 8.16. The predicted molar refractivity (Wildman–Crippen MR) is 147 cm³/mol. The number of aromatic nitrogens is 4. The highest BCUT2D eigenvalue weighted by Gasteiger charge is 2.68. The van der Waals surface area contributed by atoms with Crippen LogP contribution < -0.4 is 10.1 Å². The van der Waals surface area contributed by atoms with Crippen LogP contribution in [-0.4, -0.2) is 97.1 Å². The fourth-order valence-corrected chi connectivity index (χ4v) is 5.83. The van der Waals surface area contributed by atoms with Crippen LogP contribution in [0.2, 0.25) is 0 Å². The van der Waals surface area contributed by atoms with Gasteiger partial charge in [0.15, 0.2) is 6.23 Å². The maximum absolute atomic E-state index is 13.7. The van der Waals surface area contributed by atoms with Gasteiger partial charge in [-0.05, 0) is 40.3 Å². The molecule has 16 heteroatoms. The topological polar surface area (TPSA) is 195 Å². The second kappa shape index (κ2) is 11.8. The Labute approximate surface area is 248 Å². The zero-order valence-corrected chi connectivity index (χ0v) is 23.9. The van der Waals surface area contributed by atoms with E-state index in [0.717, 1.165) is 16.7 Å². The summed E-state index contributed by atoms with van der Waals surface area (Å²) in [5, 5.41) is 33.9. The van der Waals surface area contributed by atoms with Crippen molar-refractivity contribution in [3.05, 3.63) is 76.5 Å². The number of para-hydroxylation sites is 1. The number of hydrogen-bond acceptors (Lipinski definition) is 11. The molecule has 0 aliphatic carbocycles. The van der Waals surface area contributed by atoms with Crippen LogP contribution in [0.1, 0.15) is 26.3 Å². The molecule has 3 N–H and O–H groups in total. The number of nitrogens with one attached hydrogen (secondary N) is 1. The van der Waals surface area contributed by atoms with E-state index in [1.807, 2.05) is 0 Å². The molecule has 2 aliphatic heterocycles. The number of carbonyl (C=O) groups excluding carboxylic acids is 2. The number of carboxylic acid groups (broad SMARTS) is 2. The van der Waals surface area contributed by atoms with Gasteiger partial charge in [0.05, 0.1) is 24.3 Å². The van der Waals surface area contributed by atoms with Crippen molar-refractivity contribution >= 4 is 35.5 Å². The summed E-state index contributed by atoms with van der Waals surface area (Å²) in [7, 11) is 4.23. The average Bonchev–Trinajstić information content (AvgIpc) is 3.42. The zero-order chi connectivity index (χ0) is 30.9. The number of methoxy groups -OCH3 is 2. The van der Waals surface area contributed by atoms with Gasteiger partial charge in [-0.3, -0.25) is 14.5 Å². The highest BCUT2D eigenvalue weighted by Crippen LogP contribution is 2.44. The number of aliphatic carboxylic acids is 1. The van der Waals surface area contributed by atoms with E-state index in [0.29, 0.717) is 10.7 Å². The van der Waals surface area contributed by atoms with Crippen LogP contribution in [0, 0.1) is 0 Å². The van der Waals surface area contributed by atoms with Crippen LogP contribution in [0.4, 0.5) is 0 Å². The van der Waals surface area contributed by atoms with Crippen LogP contribution in [0.3, 0.4) is 0 Å². The first-order valence-corrected chi connectivity index (χ1v) is 13.7. The van der Waals surface area contributed by atoms with Gasteiger partial charge in [-0.25, -0.2) is 14.3 Å². The lowest BCUT2D eigenvalue weighted by atomic mass is 9.90. The van der Waals surface area contributed by atoms with Crippen LogP contribution in [-0.2, 0) is 32.5 Å². The summed E-state index contributed by atoms with van der Waals surface area (Å²) in [5.41, 5.74) is -1.27. The molecular weight excluding hydrogens is 584 g/mol. The Morgan fingerprint density at radius 1 is 1.09 bits per heavy atom. The molecule has 1 saturated heterocycles. The molecule has 1 aromatic heterocycles. The van der Waals surface area contributed by atoms with E-state index >= 15 is 0 Å². The molecule has 224 valence electrons. The number of fused-ring (bicyclic) bond motifs is 1. The first-order valence-electron chi connectivity index (χ1n) is 12.7. The van der Waals surface area contributed by atoms with Gasteiger partial charge in [0.25, 0.3) is 17.5 Å². The van der Waals surface area contributed by atoms with Crippen molar-refractivity contribution in [2.75, 3.05) is 20.0 Å². The molecule has 0 bridgehead atoms. The standard InChI is InChI=1S/C27H26N6O9S/c1-32-26(29-30-31-32)43-13-17-19(12-14-8-10-15(11-9-14)22(35)36)42-25-27(41-3,24(39)33(25)20(17)23(37)38)28-21(34)16-6-4-5-7-18(16)40-2/h4-11,19,25H,12-13H2,1-3H3,(H,28,34)(H,35,36)(H,37,38)/t19?,25-,27+/m1/s1. The molecule has 2 amide bonds. The lowest BCUT2D eigenvalue weighted by molar-refractivity contribution is -0.266. The van der Waals surface area contributed by atoms with Crippen molar-refractivity contribution in [2.24, 2.45) is 7.05 Å². The van der Waals surface area contributed by atoms with Crippen LogP contribution >= 0.6 is 11.8 Å².